The van der Waals surface area contributed by atoms with Crippen LogP contribution in [0.4, 0.5) is 0 Å². The number of rotatable bonds is 5. The monoisotopic (exact) mass is 340 g/mol. The molecule has 3 heterocycles. The smallest absolute Gasteiger partial charge is 0.266 e. The summed E-state index contributed by atoms with van der Waals surface area (Å²) in [6.45, 7) is 1.77. The van der Waals surface area contributed by atoms with E-state index in [4.69, 9.17) is 4.74 Å². The summed E-state index contributed by atoms with van der Waals surface area (Å²) in [5.41, 5.74) is 1.39. The molecule has 0 N–H and O–H groups in total. The van der Waals surface area contributed by atoms with Crippen LogP contribution in [0.25, 0.3) is 0 Å². The number of ether oxygens (including phenoxy) is 1. The first-order valence-corrected chi connectivity index (χ1v) is 8.52. The number of methoxy groups -OCH3 is 1. The number of likely N-dealkylation sites (tertiary alicyclic amines) is 1. The molecule has 2 aromatic rings. The molecule has 4 rings (SSSR count). The van der Waals surface area contributed by atoms with Crippen LogP contribution >= 0.6 is 0 Å². The molecule has 0 unspecified atom stereocenters. The summed E-state index contributed by atoms with van der Waals surface area (Å²) in [4.78, 5) is 30.4. The molecule has 0 radical (unpaired) electrons. The van der Waals surface area contributed by atoms with Crippen molar-refractivity contribution in [1.29, 1.82) is 0 Å². The molecule has 2 aromatic heterocycles. The zero-order valence-corrected chi connectivity index (χ0v) is 14.1. The number of aromatic nitrogens is 3. The highest BCUT2D eigenvalue weighted by atomic mass is 16.5. The average molecular weight is 340 g/mol. The van der Waals surface area contributed by atoms with Crippen LogP contribution in [0.5, 0.6) is 5.88 Å². The summed E-state index contributed by atoms with van der Waals surface area (Å²) in [7, 11) is 1.50. The third-order valence-corrected chi connectivity index (χ3v) is 4.75. The van der Waals surface area contributed by atoms with Gasteiger partial charge in [0.25, 0.3) is 11.5 Å². The molecule has 1 saturated heterocycles. The second-order valence-electron chi connectivity index (χ2n) is 6.69. The van der Waals surface area contributed by atoms with Gasteiger partial charge in [-0.3, -0.25) is 9.59 Å². The Bertz CT molecular complexity index is 853. The minimum Gasteiger partial charge on any atom is -0.480 e. The molecule has 130 valence electrons. The molecule has 1 saturated carbocycles. The molecule has 0 spiro atoms. The van der Waals surface area contributed by atoms with Gasteiger partial charge < -0.3 is 9.64 Å². The fourth-order valence-corrected chi connectivity index (χ4v) is 3.17. The van der Waals surface area contributed by atoms with Gasteiger partial charge in [0.15, 0.2) is 0 Å². The van der Waals surface area contributed by atoms with E-state index < -0.39 is 0 Å². The summed E-state index contributed by atoms with van der Waals surface area (Å²) < 4.78 is 6.70. The summed E-state index contributed by atoms with van der Waals surface area (Å²) in [5, 5.41) is 4.48. The van der Waals surface area contributed by atoms with Gasteiger partial charge in [0.2, 0.25) is 5.88 Å². The summed E-state index contributed by atoms with van der Waals surface area (Å²) in [6.07, 6.45) is 3.91. The lowest BCUT2D eigenvalue weighted by molar-refractivity contribution is 0.0454. The lowest BCUT2D eigenvalue weighted by atomic mass is 9.99. The summed E-state index contributed by atoms with van der Waals surface area (Å²) in [5.74, 6) is 1.01. The number of hydrogen-bond acceptors (Lipinski definition) is 5. The lowest BCUT2D eigenvalue weighted by Crippen LogP contribution is -2.52. The lowest BCUT2D eigenvalue weighted by Gasteiger charge is -2.39. The molecule has 7 heteroatoms. The topological polar surface area (TPSA) is 77.3 Å². The molecule has 0 atom stereocenters. The van der Waals surface area contributed by atoms with Crippen molar-refractivity contribution in [3.05, 3.63) is 52.1 Å². The van der Waals surface area contributed by atoms with E-state index in [2.05, 4.69) is 10.1 Å². The van der Waals surface area contributed by atoms with E-state index in [9.17, 15) is 9.59 Å². The van der Waals surface area contributed by atoms with Crippen LogP contribution in [0.1, 0.15) is 34.8 Å². The number of nitrogens with zero attached hydrogens (tertiary/aromatic N) is 4. The average Bonchev–Trinajstić information content (AvgIpc) is 3.43. The minimum atomic E-state index is -0.0896. The quantitative estimate of drug-likeness (QED) is 0.820. The highest BCUT2D eigenvalue weighted by Crippen LogP contribution is 2.38. The molecule has 1 aliphatic heterocycles. The molecule has 0 bridgehead atoms. The van der Waals surface area contributed by atoms with Crippen molar-refractivity contribution in [3.63, 3.8) is 0 Å². The molecule has 0 aromatic carbocycles. The van der Waals surface area contributed by atoms with Crippen LogP contribution in [0.2, 0.25) is 0 Å². The zero-order chi connectivity index (χ0) is 17.4. The van der Waals surface area contributed by atoms with Gasteiger partial charge in [-0.2, -0.15) is 5.10 Å². The minimum absolute atomic E-state index is 0.0805. The second-order valence-corrected chi connectivity index (χ2v) is 6.69. The Labute approximate surface area is 145 Å². The van der Waals surface area contributed by atoms with Gasteiger partial charge in [0.1, 0.15) is 5.56 Å². The summed E-state index contributed by atoms with van der Waals surface area (Å²) >= 11 is 0. The largest absolute Gasteiger partial charge is 0.480 e. The fraction of sp³-hybridized carbons (Fsp3) is 0.444. The van der Waals surface area contributed by atoms with Crippen LogP contribution in [0, 0.1) is 5.92 Å². The maximum Gasteiger partial charge on any atom is 0.266 e. The summed E-state index contributed by atoms with van der Waals surface area (Å²) in [6, 6.07) is 6.87. The first-order valence-electron chi connectivity index (χ1n) is 8.52. The van der Waals surface area contributed by atoms with Gasteiger partial charge in [-0.1, -0.05) is 0 Å². The molecule has 25 heavy (non-hydrogen) atoms. The second kappa shape index (κ2) is 6.31. The van der Waals surface area contributed by atoms with Crippen LogP contribution in [0.15, 0.2) is 35.3 Å². The Hall–Kier alpha value is -2.70. The number of amides is 1. The van der Waals surface area contributed by atoms with Crippen molar-refractivity contribution in [3.8, 4) is 5.88 Å². The first kappa shape index (κ1) is 15.8. The van der Waals surface area contributed by atoms with E-state index >= 15 is 0 Å². The number of pyridine rings is 1. The maximum atomic E-state index is 12.5. The van der Waals surface area contributed by atoms with Gasteiger partial charge in [0, 0.05) is 37.2 Å². The van der Waals surface area contributed by atoms with Crippen molar-refractivity contribution in [1.82, 2.24) is 19.7 Å². The van der Waals surface area contributed by atoms with Crippen molar-refractivity contribution < 1.29 is 9.53 Å². The van der Waals surface area contributed by atoms with Crippen molar-refractivity contribution in [2.45, 2.75) is 25.3 Å². The van der Waals surface area contributed by atoms with Gasteiger partial charge >= 0.3 is 0 Å². The van der Waals surface area contributed by atoms with E-state index in [1.807, 2.05) is 6.07 Å². The van der Waals surface area contributed by atoms with E-state index in [1.54, 1.807) is 34.0 Å². The Balaban J connectivity index is 1.40. The molecule has 1 aliphatic carbocycles. The highest BCUT2D eigenvalue weighted by Gasteiger charge is 2.33. The molecular weight excluding hydrogens is 320 g/mol. The van der Waals surface area contributed by atoms with E-state index in [0.29, 0.717) is 37.0 Å². The van der Waals surface area contributed by atoms with E-state index in [-0.39, 0.29) is 17.4 Å². The van der Waals surface area contributed by atoms with Crippen LogP contribution < -0.4 is 10.3 Å². The van der Waals surface area contributed by atoms with Gasteiger partial charge in [-0.15, -0.1) is 0 Å². The maximum absolute atomic E-state index is 12.5. The fourth-order valence-electron chi connectivity index (χ4n) is 3.17. The molecule has 1 amide bonds. The first-order chi connectivity index (χ1) is 12.2. The molecule has 7 nitrogen and oxygen atoms in total. The van der Waals surface area contributed by atoms with Crippen molar-refractivity contribution in [2.75, 3.05) is 20.2 Å². The van der Waals surface area contributed by atoms with Crippen molar-refractivity contribution >= 4 is 5.91 Å². The standard InChI is InChI=1S/C18H20N4O3/c1-25-17-14(3-2-8-19-17)18(24)21-9-12(10-21)11-22-16(23)7-6-15(20-22)13-4-5-13/h2-3,6-8,12-13H,4-5,9-11H2,1H3. The number of hydrogen-bond donors (Lipinski definition) is 0. The third kappa shape index (κ3) is 3.14. The Morgan fingerprint density at radius 1 is 1.28 bits per heavy atom. The predicted molar refractivity (Wildman–Crippen MR) is 90.7 cm³/mol. The molecule has 2 fully saturated rings. The predicted octanol–water partition coefficient (Wildman–Crippen LogP) is 1.30. The molecule has 2 aliphatic rings. The van der Waals surface area contributed by atoms with Crippen LogP contribution in [0.3, 0.4) is 0 Å². The number of carbonyl (C=O) groups excluding carboxylic acids is 1. The molecular formula is C18H20N4O3. The third-order valence-electron chi connectivity index (χ3n) is 4.75. The Kier molecular flexibility index (Phi) is 3.99. The Morgan fingerprint density at radius 3 is 2.80 bits per heavy atom. The van der Waals surface area contributed by atoms with Crippen molar-refractivity contribution in [2.24, 2.45) is 5.92 Å². The van der Waals surface area contributed by atoms with E-state index in [1.165, 1.54) is 7.11 Å². The van der Waals surface area contributed by atoms with Gasteiger partial charge in [-0.25, -0.2) is 9.67 Å². The van der Waals surface area contributed by atoms with E-state index in [0.717, 1.165) is 18.5 Å². The normalized spacial score (nSPS) is 17.2. The highest BCUT2D eigenvalue weighted by molar-refractivity contribution is 5.96. The zero-order valence-electron chi connectivity index (χ0n) is 14.1. The van der Waals surface area contributed by atoms with Crippen LogP contribution in [-0.4, -0.2) is 45.8 Å². The van der Waals surface area contributed by atoms with Crippen LogP contribution in [-0.2, 0) is 6.54 Å². The SMILES string of the molecule is COc1ncccc1C(=O)N1CC(Cn2nc(C3CC3)ccc2=O)C1. The van der Waals surface area contributed by atoms with Gasteiger partial charge in [-0.05, 0) is 31.0 Å². The Morgan fingerprint density at radius 2 is 2.08 bits per heavy atom. The number of carbonyl (C=O) groups is 1. The van der Waals surface area contributed by atoms with Gasteiger partial charge in [0.05, 0.1) is 19.3 Å².